The monoisotopic (exact) mass is 351 g/mol. The van der Waals surface area contributed by atoms with Gasteiger partial charge in [-0.05, 0) is 24.1 Å². The Morgan fingerprint density at radius 1 is 1.25 bits per heavy atom. The van der Waals surface area contributed by atoms with Crippen LogP contribution in [-0.4, -0.2) is 37.8 Å². The van der Waals surface area contributed by atoms with E-state index in [4.69, 9.17) is 4.52 Å². The number of sulfone groups is 1. The van der Waals surface area contributed by atoms with E-state index in [1.165, 1.54) is 6.26 Å². The lowest BCUT2D eigenvalue weighted by Gasteiger charge is -2.12. The number of hydrogen-bond donors (Lipinski definition) is 2. The standard InChI is InChI=1S/C15H21N5O3S/c1-10-7-12(5-6-13(10)24(4,21)22)8-17-15(16-3)18-9-14-19-11(2)23-20-14/h5-7H,8-9H2,1-4H3,(H2,16,17,18). The molecular formula is C15H21N5O3S. The normalized spacial score (nSPS) is 12.2. The molecule has 1 aromatic carbocycles. The number of nitrogens with one attached hydrogen (secondary N) is 2. The second-order valence-corrected chi connectivity index (χ2v) is 7.37. The minimum absolute atomic E-state index is 0.348. The van der Waals surface area contributed by atoms with E-state index in [-0.39, 0.29) is 0 Å². The molecule has 0 aliphatic heterocycles. The molecule has 0 radical (unpaired) electrons. The fourth-order valence-electron chi connectivity index (χ4n) is 2.22. The average molecular weight is 351 g/mol. The van der Waals surface area contributed by atoms with Crippen molar-refractivity contribution in [2.45, 2.75) is 31.8 Å². The van der Waals surface area contributed by atoms with Crippen LogP contribution in [0.25, 0.3) is 0 Å². The van der Waals surface area contributed by atoms with Gasteiger partial charge in [-0.2, -0.15) is 4.98 Å². The number of aryl methyl sites for hydroxylation is 2. The van der Waals surface area contributed by atoms with Crippen LogP contribution >= 0.6 is 0 Å². The minimum Gasteiger partial charge on any atom is -0.352 e. The molecule has 1 heterocycles. The molecule has 0 saturated heterocycles. The lowest BCUT2D eigenvalue weighted by molar-refractivity contribution is 0.387. The molecule has 0 amide bonds. The van der Waals surface area contributed by atoms with Gasteiger partial charge in [0, 0.05) is 26.8 Å². The molecule has 130 valence electrons. The van der Waals surface area contributed by atoms with Crippen LogP contribution < -0.4 is 10.6 Å². The van der Waals surface area contributed by atoms with Gasteiger partial charge in [-0.15, -0.1) is 0 Å². The first-order chi connectivity index (χ1) is 11.3. The summed E-state index contributed by atoms with van der Waals surface area (Å²) in [6, 6.07) is 5.26. The summed E-state index contributed by atoms with van der Waals surface area (Å²) in [5.41, 5.74) is 1.68. The summed E-state index contributed by atoms with van der Waals surface area (Å²) >= 11 is 0. The molecule has 0 bridgehead atoms. The Kier molecular flexibility index (Phi) is 5.55. The molecule has 0 aliphatic carbocycles. The Bertz CT molecular complexity index is 843. The van der Waals surface area contributed by atoms with E-state index >= 15 is 0 Å². The summed E-state index contributed by atoms with van der Waals surface area (Å²) < 4.78 is 28.2. The number of nitrogens with zero attached hydrogens (tertiary/aromatic N) is 3. The zero-order chi connectivity index (χ0) is 17.7. The maximum Gasteiger partial charge on any atom is 0.223 e. The second-order valence-electron chi connectivity index (χ2n) is 5.38. The fourth-order valence-corrected chi connectivity index (χ4v) is 3.18. The average Bonchev–Trinajstić information content (AvgIpc) is 2.92. The van der Waals surface area contributed by atoms with Crippen LogP contribution in [0.4, 0.5) is 0 Å². The number of hydrogen-bond acceptors (Lipinski definition) is 6. The summed E-state index contributed by atoms with van der Waals surface area (Å²) in [4.78, 5) is 8.56. The highest BCUT2D eigenvalue weighted by Gasteiger charge is 2.11. The number of aromatic nitrogens is 2. The van der Waals surface area contributed by atoms with Crippen LogP contribution in [0.5, 0.6) is 0 Å². The molecule has 0 fully saturated rings. The molecule has 2 aromatic rings. The van der Waals surface area contributed by atoms with E-state index in [1.807, 2.05) is 6.07 Å². The van der Waals surface area contributed by atoms with Crippen LogP contribution in [0.15, 0.2) is 32.6 Å². The Balaban J connectivity index is 1.94. The summed E-state index contributed by atoms with van der Waals surface area (Å²) in [6.45, 7) is 4.41. The van der Waals surface area contributed by atoms with Crippen molar-refractivity contribution >= 4 is 15.8 Å². The number of benzene rings is 1. The van der Waals surface area contributed by atoms with Gasteiger partial charge in [0.25, 0.3) is 0 Å². The van der Waals surface area contributed by atoms with Gasteiger partial charge in [0.05, 0.1) is 11.4 Å². The predicted octanol–water partition coefficient (Wildman–Crippen LogP) is 0.955. The van der Waals surface area contributed by atoms with Gasteiger partial charge in [-0.3, -0.25) is 4.99 Å². The van der Waals surface area contributed by atoms with E-state index in [1.54, 1.807) is 33.0 Å². The van der Waals surface area contributed by atoms with E-state index < -0.39 is 9.84 Å². The highest BCUT2D eigenvalue weighted by atomic mass is 32.2. The van der Waals surface area contributed by atoms with Gasteiger partial charge >= 0.3 is 0 Å². The zero-order valence-electron chi connectivity index (χ0n) is 14.1. The van der Waals surface area contributed by atoms with Crippen LogP contribution in [0, 0.1) is 13.8 Å². The zero-order valence-corrected chi connectivity index (χ0v) is 14.9. The Morgan fingerprint density at radius 2 is 1.96 bits per heavy atom. The van der Waals surface area contributed by atoms with Gasteiger partial charge in [-0.1, -0.05) is 17.3 Å². The summed E-state index contributed by atoms with van der Waals surface area (Å²) in [7, 11) is -1.54. The first-order valence-corrected chi connectivity index (χ1v) is 9.22. The molecule has 2 rings (SSSR count). The van der Waals surface area contributed by atoms with E-state index in [0.29, 0.717) is 35.7 Å². The van der Waals surface area contributed by atoms with Crippen molar-refractivity contribution in [1.82, 2.24) is 20.8 Å². The van der Waals surface area contributed by atoms with Crippen molar-refractivity contribution in [3.63, 3.8) is 0 Å². The molecule has 0 unspecified atom stereocenters. The molecule has 24 heavy (non-hydrogen) atoms. The molecule has 0 atom stereocenters. The largest absolute Gasteiger partial charge is 0.352 e. The fraction of sp³-hybridized carbons (Fsp3) is 0.400. The number of aliphatic imine (C=N–C) groups is 1. The molecule has 0 spiro atoms. The van der Waals surface area contributed by atoms with Crippen molar-refractivity contribution in [3.8, 4) is 0 Å². The smallest absolute Gasteiger partial charge is 0.223 e. The van der Waals surface area contributed by atoms with Crippen LogP contribution in [0.1, 0.15) is 22.8 Å². The summed E-state index contributed by atoms with van der Waals surface area (Å²) in [5, 5.41) is 10.0. The van der Waals surface area contributed by atoms with Crippen molar-refractivity contribution < 1.29 is 12.9 Å². The highest BCUT2D eigenvalue weighted by molar-refractivity contribution is 7.90. The van der Waals surface area contributed by atoms with Crippen LogP contribution in [-0.2, 0) is 22.9 Å². The van der Waals surface area contributed by atoms with Crippen LogP contribution in [0.2, 0.25) is 0 Å². The third kappa shape index (κ3) is 4.79. The molecule has 1 aromatic heterocycles. The molecular weight excluding hydrogens is 330 g/mol. The number of guanidine groups is 1. The maximum atomic E-state index is 11.6. The lowest BCUT2D eigenvalue weighted by Crippen LogP contribution is -2.36. The highest BCUT2D eigenvalue weighted by Crippen LogP contribution is 2.16. The van der Waals surface area contributed by atoms with Crippen LogP contribution in [0.3, 0.4) is 0 Å². The quantitative estimate of drug-likeness (QED) is 0.610. The van der Waals surface area contributed by atoms with Crippen molar-refractivity contribution in [2.75, 3.05) is 13.3 Å². The van der Waals surface area contributed by atoms with Gasteiger partial charge in [0.1, 0.15) is 0 Å². The predicted molar refractivity (Wildman–Crippen MR) is 90.4 cm³/mol. The number of rotatable bonds is 5. The topological polar surface area (TPSA) is 109 Å². The third-order valence-electron chi connectivity index (χ3n) is 3.31. The maximum absolute atomic E-state index is 11.6. The van der Waals surface area contributed by atoms with Crippen molar-refractivity contribution in [2.24, 2.45) is 4.99 Å². The van der Waals surface area contributed by atoms with Gasteiger partial charge in [-0.25, -0.2) is 8.42 Å². The summed E-state index contributed by atoms with van der Waals surface area (Å²) in [6.07, 6.45) is 1.21. The third-order valence-corrected chi connectivity index (χ3v) is 4.56. The van der Waals surface area contributed by atoms with E-state index in [0.717, 1.165) is 11.1 Å². The van der Waals surface area contributed by atoms with Gasteiger partial charge < -0.3 is 15.2 Å². The lowest BCUT2D eigenvalue weighted by atomic mass is 10.1. The Hall–Kier alpha value is -2.42. The first kappa shape index (κ1) is 17.9. The summed E-state index contributed by atoms with van der Waals surface area (Å²) in [5.74, 6) is 1.64. The van der Waals surface area contributed by atoms with E-state index in [2.05, 4.69) is 25.8 Å². The molecule has 2 N–H and O–H groups in total. The molecule has 9 heteroatoms. The Morgan fingerprint density at radius 3 is 2.50 bits per heavy atom. The molecule has 0 aliphatic rings. The molecule has 0 saturated carbocycles. The van der Waals surface area contributed by atoms with E-state index in [9.17, 15) is 8.42 Å². The van der Waals surface area contributed by atoms with Gasteiger partial charge in [0.2, 0.25) is 5.89 Å². The second kappa shape index (κ2) is 7.43. The first-order valence-electron chi connectivity index (χ1n) is 7.33. The molecule has 8 nitrogen and oxygen atoms in total. The Labute approximate surface area is 141 Å². The van der Waals surface area contributed by atoms with Crippen molar-refractivity contribution in [1.29, 1.82) is 0 Å². The van der Waals surface area contributed by atoms with Gasteiger partial charge in [0.15, 0.2) is 21.6 Å². The minimum atomic E-state index is -3.20. The SMILES string of the molecule is CN=C(NCc1ccc(S(C)(=O)=O)c(C)c1)NCc1noc(C)n1. The van der Waals surface area contributed by atoms with Crippen molar-refractivity contribution in [3.05, 3.63) is 41.0 Å².